The van der Waals surface area contributed by atoms with Crippen LogP contribution in [0.4, 0.5) is 13.2 Å². The predicted molar refractivity (Wildman–Crippen MR) is 104 cm³/mol. The highest BCUT2D eigenvalue weighted by atomic mass is 19.4. The van der Waals surface area contributed by atoms with E-state index in [9.17, 15) is 18.0 Å². The lowest BCUT2D eigenvalue weighted by molar-refractivity contribution is -0.140. The number of ether oxygens (including phenoxy) is 2. The molecule has 1 aromatic rings. The van der Waals surface area contributed by atoms with Gasteiger partial charge in [-0.2, -0.15) is 13.2 Å². The van der Waals surface area contributed by atoms with Crippen LogP contribution in [0.1, 0.15) is 42.9 Å². The minimum atomic E-state index is -4.38. The molecule has 6 nitrogen and oxygen atoms in total. The summed E-state index contributed by atoms with van der Waals surface area (Å²) in [6, 6.07) is 5.26. The number of hydrogen-bond acceptors (Lipinski definition) is 4. The number of benzene rings is 1. The van der Waals surface area contributed by atoms with Gasteiger partial charge in [0, 0.05) is 26.6 Å². The van der Waals surface area contributed by atoms with Crippen LogP contribution in [0.3, 0.4) is 0 Å². The topological polar surface area (TPSA) is 63.2 Å². The number of carbonyl (C=O) groups excluding carboxylic acids is 1. The lowest BCUT2D eigenvalue weighted by Gasteiger charge is -2.35. The molecule has 9 heteroatoms. The smallest absolute Gasteiger partial charge is 0.416 e. The van der Waals surface area contributed by atoms with Gasteiger partial charge in [0.1, 0.15) is 6.10 Å². The molecule has 1 saturated heterocycles. The van der Waals surface area contributed by atoms with Crippen molar-refractivity contribution in [3.05, 3.63) is 35.4 Å². The van der Waals surface area contributed by atoms with Crippen molar-refractivity contribution < 1.29 is 27.4 Å². The van der Waals surface area contributed by atoms with Gasteiger partial charge in [-0.15, -0.1) is 0 Å². The van der Waals surface area contributed by atoms with Crippen LogP contribution >= 0.6 is 0 Å². The van der Waals surface area contributed by atoms with Crippen molar-refractivity contribution in [2.75, 3.05) is 40.4 Å². The lowest BCUT2D eigenvalue weighted by atomic mass is 10.0. The van der Waals surface area contributed by atoms with E-state index >= 15 is 0 Å². The second-order valence-corrected chi connectivity index (χ2v) is 6.79. The molecule has 0 spiro atoms. The van der Waals surface area contributed by atoms with Crippen LogP contribution in [0, 0.1) is 0 Å². The van der Waals surface area contributed by atoms with Crippen LogP contribution in [0.25, 0.3) is 0 Å². The Morgan fingerprint density at radius 1 is 1.34 bits per heavy atom. The Morgan fingerprint density at radius 2 is 2.14 bits per heavy atom. The fraction of sp³-hybridized carbons (Fsp3) is 0.600. The molecular formula is C20H28F3N3O3. The largest absolute Gasteiger partial charge is 0.469 e. The number of rotatable bonds is 7. The Kier molecular flexibility index (Phi) is 8.75. The van der Waals surface area contributed by atoms with Crippen LogP contribution in [-0.2, 0) is 20.4 Å². The third-order valence-electron chi connectivity index (χ3n) is 4.73. The van der Waals surface area contributed by atoms with Crippen molar-refractivity contribution in [3.8, 4) is 0 Å². The van der Waals surface area contributed by atoms with E-state index in [1.807, 2.05) is 4.90 Å². The zero-order valence-corrected chi connectivity index (χ0v) is 16.8. The number of nitrogens with zero attached hydrogens (tertiary/aromatic N) is 2. The van der Waals surface area contributed by atoms with Crippen LogP contribution in [-0.4, -0.2) is 57.2 Å². The van der Waals surface area contributed by atoms with Crippen molar-refractivity contribution in [1.82, 2.24) is 10.2 Å². The number of guanidine groups is 1. The molecule has 0 aliphatic carbocycles. The molecule has 0 radical (unpaired) electrons. The molecule has 1 N–H and O–H groups in total. The molecule has 1 aliphatic heterocycles. The van der Waals surface area contributed by atoms with E-state index in [0.717, 1.165) is 31.4 Å². The minimum absolute atomic E-state index is 0.206. The Bertz CT molecular complexity index is 695. The van der Waals surface area contributed by atoms with E-state index in [0.29, 0.717) is 44.2 Å². The summed E-state index contributed by atoms with van der Waals surface area (Å²) >= 11 is 0. The zero-order chi connectivity index (χ0) is 21.3. The summed E-state index contributed by atoms with van der Waals surface area (Å²) in [6.45, 7) is 2.13. The normalized spacial score (nSPS) is 17.9. The average Bonchev–Trinajstić information content (AvgIpc) is 2.72. The molecule has 1 aromatic carbocycles. The van der Waals surface area contributed by atoms with Crippen LogP contribution in [0.15, 0.2) is 29.3 Å². The molecule has 1 unspecified atom stereocenters. The molecule has 1 aliphatic rings. The summed E-state index contributed by atoms with van der Waals surface area (Å²) in [5, 5.41) is 3.27. The Balaban J connectivity index is 1.86. The fourth-order valence-electron chi connectivity index (χ4n) is 3.16. The SMILES string of the molecule is CN=C(NCCCCCC(=O)OC)N1CCOC(c2cccc(C(F)(F)F)c2)C1. The van der Waals surface area contributed by atoms with Crippen molar-refractivity contribution >= 4 is 11.9 Å². The number of methoxy groups -OCH3 is 1. The molecule has 0 amide bonds. The molecular weight excluding hydrogens is 387 g/mol. The van der Waals surface area contributed by atoms with Gasteiger partial charge >= 0.3 is 12.1 Å². The summed E-state index contributed by atoms with van der Waals surface area (Å²) in [6.07, 6.45) is -1.90. The van der Waals surface area contributed by atoms with E-state index in [-0.39, 0.29) is 5.97 Å². The summed E-state index contributed by atoms with van der Waals surface area (Å²) in [5.41, 5.74) is -0.173. The van der Waals surface area contributed by atoms with E-state index in [1.165, 1.54) is 13.2 Å². The lowest BCUT2D eigenvalue weighted by Crippen LogP contribution is -2.48. The van der Waals surface area contributed by atoms with Gasteiger partial charge in [0.2, 0.25) is 0 Å². The van der Waals surface area contributed by atoms with Gasteiger partial charge in [0.05, 0.1) is 25.8 Å². The number of carbonyl (C=O) groups is 1. The number of unbranched alkanes of at least 4 members (excludes halogenated alkanes) is 2. The summed E-state index contributed by atoms with van der Waals surface area (Å²) < 4.78 is 49.3. The maximum atomic E-state index is 13.0. The van der Waals surface area contributed by atoms with Crippen LogP contribution < -0.4 is 5.32 Å². The molecule has 2 rings (SSSR count). The molecule has 162 valence electrons. The standard InChI is InChI=1S/C20H28F3N3O3/c1-24-19(25-10-5-3-4-9-18(27)28-2)26-11-12-29-17(14-26)15-7-6-8-16(13-15)20(21,22)23/h6-8,13,17H,3-5,9-12,14H2,1-2H3,(H,24,25). The van der Waals surface area contributed by atoms with E-state index in [4.69, 9.17) is 4.74 Å². The van der Waals surface area contributed by atoms with Crippen molar-refractivity contribution in [2.24, 2.45) is 4.99 Å². The van der Waals surface area contributed by atoms with Gasteiger partial charge in [0.25, 0.3) is 0 Å². The molecule has 0 aromatic heterocycles. The first-order chi connectivity index (χ1) is 13.8. The number of aliphatic imine (C=N–C) groups is 1. The van der Waals surface area contributed by atoms with Gasteiger partial charge in [0.15, 0.2) is 5.96 Å². The van der Waals surface area contributed by atoms with Gasteiger partial charge < -0.3 is 19.7 Å². The van der Waals surface area contributed by atoms with Gasteiger partial charge in [-0.05, 0) is 30.5 Å². The molecule has 1 heterocycles. The highest BCUT2D eigenvalue weighted by Gasteiger charge is 2.32. The number of hydrogen-bond donors (Lipinski definition) is 1. The highest BCUT2D eigenvalue weighted by molar-refractivity contribution is 5.80. The Hall–Kier alpha value is -2.29. The molecule has 0 saturated carbocycles. The second-order valence-electron chi connectivity index (χ2n) is 6.79. The summed E-state index contributed by atoms with van der Waals surface area (Å²) in [7, 11) is 3.05. The van der Waals surface area contributed by atoms with Gasteiger partial charge in [-0.3, -0.25) is 9.79 Å². The predicted octanol–water partition coefficient (Wildman–Crippen LogP) is 3.39. The molecule has 29 heavy (non-hydrogen) atoms. The number of nitrogens with one attached hydrogen (secondary N) is 1. The molecule has 1 atom stereocenters. The average molecular weight is 415 g/mol. The first kappa shape index (κ1) is 23.0. The Morgan fingerprint density at radius 3 is 2.83 bits per heavy atom. The third kappa shape index (κ3) is 7.23. The van der Waals surface area contributed by atoms with Crippen LogP contribution in [0.5, 0.6) is 0 Å². The number of halogens is 3. The van der Waals surface area contributed by atoms with Crippen LogP contribution in [0.2, 0.25) is 0 Å². The first-order valence-corrected chi connectivity index (χ1v) is 9.66. The fourth-order valence-corrected chi connectivity index (χ4v) is 3.16. The van der Waals surface area contributed by atoms with Crippen molar-refractivity contribution in [1.29, 1.82) is 0 Å². The third-order valence-corrected chi connectivity index (χ3v) is 4.73. The second kappa shape index (κ2) is 11.0. The minimum Gasteiger partial charge on any atom is -0.469 e. The Labute approximate surface area is 169 Å². The van der Waals surface area contributed by atoms with E-state index < -0.39 is 17.8 Å². The number of morpholine rings is 1. The van der Waals surface area contributed by atoms with Crippen molar-refractivity contribution in [2.45, 2.75) is 38.0 Å². The maximum Gasteiger partial charge on any atom is 0.416 e. The quantitative estimate of drug-likeness (QED) is 0.320. The van der Waals surface area contributed by atoms with Crippen molar-refractivity contribution in [3.63, 3.8) is 0 Å². The van der Waals surface area contributed by atoms with E-state index in [1.54, 1.807) is 13.1 Å². The van der Waals surface area contributed by atoms with Gasteiger partial charge in [-0.25, -0.2) is 0 Å². The molecule has 1 fully saturated rings. The summed E-state index contributed by atoms with van der Waals surface area (Å²) in [5.74, 6) is 0.487. The monoisotopic (exact) mass is 415 g/mol. The number of esters is 1. The molecule has 0 bridgehead atoms. The zero-order valence-electron chi connectivity index (χ0n) is 16.8. The highest BCUT2D eigenvalue weighted by Crippen LogP contribution is 2.32. The maximum absolute atomic E-state index is 13.0. The summed E-state index contributed by atoms with van der Waals surface area (Å²) in [4.78, 5) is 17.4. The number of alkyl halides is 3. The first-order valence-electron chi connectivity index (χ1n) is 9.66. The van der Waals surface area contributed by atoms with E-state index in [2.05, 4.69) is 15.0 Å². The van der Waals surface area contributed by atoms with Gasteiger partial charge in [-0.1, -0.05) is 18.6 Å².